The Balaban J connectivity index is 1.55. The van der Waals surface area contributed by atoms with Crippen LogP contribution in [0.4, 0.5) is 0 Å². The van der Waals surface area contributed by atoms with Gasteiger partial charge in [-0.15, -0.1) is 0 Å². The molecule has 0 amide bonds. The molecular weight excluding hydrogens is 595 g/mol. The average Bonchev–Trinajstić information content (AvgIpc) is 3.59. The van der Waals surface area contributed by atoms with E-state index in [9.17, 15) is 5.26 Å². The number of hydrogen-bond donors (Lipinski definition) is 0. The second-order valence-corrected chi connectivity index (χ2v) is 15.5. The molecule has 0 fully saturated rings. The second-order valence-electron chi connectivity index (χ2n) is 15.5. The van der Waals surface area contributed by atoms with Gasteiger partial charge in [0.1, 0.15) is 0 Å². The Morgan fingerprint density at radius 3 is 1.61 bits per heavy atom. The maximum atomic E-state index is 9.90. The van der Waals surface area contributed by atoms with Crippen molar-refractivity contribution in [2.75, 3.05) is 0 Å². The monoisotopic (exact) mass is 635 g/mol. The number of hydrogen-bond acceptors (Lipinski definition) is 1. The standard InChI is InChI=1S/C46H41N3/c1-29-39(48-40-17-10-8-15-35(40)37-21-19-32(26-42(37)48)45(2,3)4)24-23-34(31-14-12-13-30(25-31)28-47)44(29)49-41-18-11-9-16-36(41)38-22-20-33(27-43(38)49)46(5,6)7/h8-27H,1-7H3. The first-order valence-electron chi connectivity index (χ1n) is 17.2. The largest absolute Gasteiger partial charge is 0.309 e. The van der Waals surface area contributed by atoms with E-state index in [0.717, 1.165) is 22.5 Å². The van der Waals surface area contributed by atoms with Crippen molar-refractivity contribution < 1.29 is 0 Å². The smallest absolute Gasteiger partial charge is 0.0991 e. The summed E-state index contributed by atoms with van der Waals surface area (Å²) >= 11 is 0. The molecule has 0 radical (unpaired) electrons. The van der Waals surface area contributed by atoms with Crippen LogP contribution in [0.1, 0.15) is 63.8 Å². The van der Waals surface area contributed by atoms with Crippen LogP contribution in [-0.2, 0) is 10.8 Å². The number of fused-ring (bicyclic) bond motifs is 6. The molecule has 3 nitrogen and oxygen atoms in total. The maximum Gasteiger partial charge on any atom is 0.0991 e. The van der Waals surface area contributed by atoms with Crippen LogP contribution in [0.2, 0.25) is 0 Å². The second kappa shape index (κ2) is 11.0. The molecule has 0 saturated carbocycles. The topological polar surface area (TPSA) is 33.6 Å². The minimum Gasteiger partial charge on any atom is -0.309 e. The zero-order valence-corrected chi connectivity index (χ0v) is 29.4. The van der Waals surface area contributed by atoms with E-state index in [-0.39, 0.29) is 10.8 Å². The third-order valence-electron chi connectivity index (χ3n) is 10.2. The summed E-state index contributed by atoms with van der Waals surface area (Å²) in [6, 6.07) is 46.4. The van der Waals surface area contributed by atoms with Gasteiger partial charge >= 0.3 is 0 Å². The number of para-hydroxylation sites is 2. The van der Waals surface area contributed by atoms with E-state index in [1.54, 1.807) is 0 Å². The lowest BCUT2D eigenvalue weighted by molar-refractivity contribution is 0.590. The highest BCUT2D eigenvalue weighted by molar-refractivity contribution is 6.11. The van der Waals surface area contributed by atoms with Gasteiger partial charge in [0.2, 0.25) is 0 Å². The summed E-state index contributed by atoms with van der Waals surface area (Å²) in [7, 11) is 0. The van der Waals surface area contributed by atoms with Crippen molar-refractivity contribution in [3.63, 3.8) is 0 Å². The van der Waals surface area contributed by atoms with Gasteiger partial charge in [-0.1, -0.05) is 120 Å². The van der Waals surface area contributed by atoms with Gasteiger partial charge < -0.3 is 9.13 Å². The lowest BCUT2D eigenvalue weighted by atomic mass is 9.86. The van der Waals surface area contributed by atoms with Gasteiger partial charge in [-0.25, -0.2) is 0 Å². The van der Waals surface area contributed by atoms with E-state index < -0.39 is 0 Å². The molecule has 8 rings (SSSR count). The molecule has 0 saturated heterocycles. The van der Waals surface area contributed by atoms with E-state index in [1.165, 1.54) is 60.3 Å². The first-order chi connectivity index (χ1) is 23.5. The van der Waals surface area contributed by atoms with E-state index in [0.29, 0.717) is 5.56 Å². The molecule has 3 heteroatoms. The SMILES string of the molecule is Cc1c(-n2c3ccccc3c3ccc(C(C)(C)C)cc32)ccc(-c2cccc(C#N)c2)c1-n1c2ccccc2c2ccc(C(C)(C)C)cc21. The van der Waals surface area contributed by atoms with Crippen molar-refractivity contribution in [1.82, 2.24) is 9.13 Å². The highest BCUT2D eigenvalue weighted by Gasteiger charge is 2.24. The first kappa shape index (κ1) is 30.7. The fourth-order valence-corrected chi connectivity index (χ4v) is 7.58. The van der Waals surface area contributed by atoms with Crippen molar-refractivity contribution in [2.45, 2.75) is 59.3 Å². The number of nitriles is 1. The quantitative estimate of drug-likeness (QED) is 0.190. The highest BCUT2D eigenvalue weighted by Crippen LogP contribution is 2.43. The molecule has 0 spiro atoms. The molecular formula is C46H41N3. The van der Waals surface area contributed by atoms with Crippen LogP contribution in [0.25, 0.3) is 66.1 Å². The fraction of sp³-hybridized carbons (Fsp3) is 0.196. The summed E-state index contributed by atoms with van der Waals surface area (Å²) in [5, 5.41) is 14.9. The number of aromatic nitrogens is 2. The van der Waals surface area contributed by atoms with Crippen molar-refractivity contribution >= 4 is 43.6 Å². The third kappa shape index (κ3) is 4.86. The van der Waals surface area contributed by atoms with Gasteiger partial charge in [0.05, 0.1) is 45.1 Å². The van der Waals surface area contributed by atoms with Crippen molar-refractivity contribution in [3.05, 3.63) is 144 Å². The van der Waals surface area contributed by atoms with Crippen LogP contribution >= 0.6 is 0 Å². The molecule has 0 N–H and O–H groups in total. The molecule has 6 aromatic carbocycles. The van der Waals surface area contributed by atoms with E-state index >= 15 is 0 Å². The summed E-state index contributed by atoms with van der Waals surface area (Å²) in [6.07, 6.45) is 0. The number of nitrogens with zero attached hydrogens (tertiary/aromatic N) is 3. The van der Waals surface area contributed by atoms with Crippen LogP contribution in [0.15, 0.2) is 121 Å². The van der Waals surface area contributed by atoms with Gasteiger partial charge in [-0.2, -0.15) is 5.26 Å². The van der Waals surface area contributed by atoms with Crippen molar-refractivity contribution in [1.29, 1.82) is 5.26 Å². The summed E-state index contributed by atoms with van der Waals surface area (Å²) in [5.41, 5.74) is 13.6. The fourth-order valence-electron chi connectivity index (χ4n) is 7.58. The zero-order chi connectivity index (χ0) is 34.2. The Morgan fingerprint density at radius 2 is 1.04 bits per heavy atom. The van der Waals surface area contributed by atoms with Gasteiger partial charge in [-0.05, 0) is 82.5 Å². The van der Waals surface area contributed by atoms with Crippen LogP contribution < -0.4 is 0 Å². The van der Waals surface area contributed by atoms with Crippen LogP contribution in [0.5, 0.6) is 0 Å². The Morgan fingerprint density at radius 1 is 0.510 bits per heavy atom. The van der Waals surface area contributed by atoms with E-state index in [1.807, 2.05) is 18.2 Å². The zero-order valence-electron chi connectivity index (χ0n) is 29.4. The Hall–Kier alpha value is -5.59. The predicted molar refractivity (Wildman–Crippen MR) is 207 cm³/mol. The number of rotatable bonds is 3. The van der Waals surface area contributed by atoms with Crippen LogP contribution in [0, 0.1) is 18.3 Å². The Bertz CT molecular complexity index is 2640. The molecule has 0 unspecified atom stereocenters. The van der Waals surface area contributed by atoms with E-state index in [4.69, 9.17) is 0 Å². The Kier molecular flexibility index (Phi) is 6.88. The summed E-state index contributed by atoms with van der Waals surface area (Å²) in [6.45, 7) is 15.9. The predicted octanol–water partition coefficient (Wildman–Crippen LogP) is 12.3. The highest BCUT2D eigenvalue weighted by atomic mass is 15.0. The minimum atomic E-state index is -0.00986. The molecule has 0 aliphatic rings. The molecule has 2 aromatic heterocycles. The molecule has 240 valence electrons. The van der Waals surface area contributed by atoms with Gasteiger partial charge in [0, 0.05) is 27.1 Å². The molecule has 8 aromatic rings. The maximum absolute atomic E-state index is 9.90. The molecule has 2 heterocycles. The number of benzene rings is 6. The van der Waals surface area contributed by atoms with Crippen LogP contribution in [-0.4, -0.2) is 9.13 Å². The lowest BCUT2D eigenvalue weighted by Crippen LogP contribution is -2.11. The lowest BCUT2D eigenvalue weighted by Gasteiger charge is -2.23. The molecule has 0 aliphatic carbocycles. The summed E-state index contributed by atoms with van der Waals surface area (Å²) in [4.78, 5) is 0. The minimum absolute atomic E-state index is 0.00986. The molecule has 0 atom stereocenters. The summed E-state index contributed by atoms with van der Waals surface area (Å²) < 4.78 is 4.93. The molecule has 0 bridgehead atoms. The van der Waals surface area contributed by atoms with E-state index in [2.05, 4.69) is 167 Å². The molecule has 0 aliphatic heterocycles. The Labute approximate surface area is 288 Å². The summed E-state index contributed by atoms with van der Waals surface area (Å²) in [5.74, 6) is 0. The van der Waals surface area contributed by atoms with Gasteiger partial charge in [0.25, 0.3) is 0 Å². The molecule has 49 heavy (non-hydrogen) atoms. The van der Waals surface area contributed by atoms with Crippen molar-refractivity contribution in [3.8, 4) is 28.6 Å². The normalized spacial score (nSPS) is 12.4. The van der Waals surface area contributed by atoms with Gasteiger partial charge in [-0.3, -0.25) is 0 Å². The first-order valence-corrected chi connectivity index (χ1v) is 17.2. The van der Waals surface area contributed by atoms with Crippen LogP contribution in [0.3, 0.4) is 0 Å². The van der Waals surface area contributed by atoms with Crippen molar-refractivity contribution in [2.24, 2.45) is 0 Å². The average molecular weight is 636 g/mol. The van der Waals surface area contributed by atoms with Gasteiger partial charge in [0.15, 0.2) is 0 Å². The third-order valence-corrected chi connectivity index (χ3v) is 10.2.